The molecule has 0 saturated carbocycles. The van der Waals surface area contributed by atoms with Crippen LogP contribution in [0.1, 0.15) is 26.7 Å². The van der Waals surface area contributed by atoms with Gasteiger partial charge in [0.15, 0.2) is 9.84 Å². The molecule has 0 fully saturated rings. The smallest absolute Gasteiger partial charge is 0.178 e. The first-order chi connectivity index (χ1) is 8.86. The number of rotatable bonds is 7. The Kier molecular flexibility index (Phi) is 6.23. The summed E-state index contributed by atoms with van der Waals surface area (Å²) in [6, 6.07) is 3.62. The molecule has 0 spiro atoms. The lowest BCUT2D eigenvalue weighted by Gasteiger charge is -2.13. The van der Waals surface area contributed by atoms with Crippen LogP contribution in [0.3, 0.4) is 0 Å². The minimum Gasteiger partial charge on any atom is -0.314 e. The topological polar surface area (TPSA) is 46.2 Å². The lowest BCUT2D eigenvalue weighted by Crippen LogP contribution is -2.28. The Morgan fingerprint density at radius 1 is 1.42 bits per heavy atom. The third-order valence-corrected chi connectivity index (χ3v) is 4.85. The van der Waals surface area contributed by atoms with Crippen molar-refractivity contribution in [3.63, 3.8) is 0 Å². The summed E-state index contributed by atoms with van der Waals surface area (Å²) in [7, 11) is -3.41. The minimum absolute atomic E-state index is 0.0207. The lowest BCUT2D eigenvalue weighted by atomic mass is 10.2. The van der Waals surface area contributed by atoms with E-state index < -0.39 is 15.7 Å². The summed E-state index contributed by atoms with van der Waals surface area (Å²) in [5, 5.41) is 3.06. The van der Waals surface area contributed by atoms with Crippen molar-refractivity contribution in [3.8, 4) is 0 Å². The van der Waals surface area contributed by atoms with Crippen LogP contribution in [-0.4, -0.2) is 26.8 Å². The van der Waals surface area contributed by atoms with Crippen LogP contribution in [0, 0.1) is 5.82 Å². The molecule has 0 aliphatic carbocycles. The maximum Gasteiger partial charge on any atom is 0.178 e. The van der Waals surface area contributed by atoms with Gasteiger partial charge in [0.1, 0.15) is 5.82 Å². The van der Waals surface area contributed by atoms with Crippen LogP contribution < -0.4 is 5.32 Å². The highest BCUT2D eigenvalue weighted by Crippen LogP contribution is 2.20. The number of sulfone groups is 1. The molecule has 0 aromatic heterocycles. The maximum absolute atomic E-state index is 13.0. The summed E-state index contributed by atoms with van der Waals surface area (Å²) in [6.07, 6.45) is 1.52. The standard InChI is InChI=1S/C13H19ClFNO2S/c1-3-7-16-10(2)6-8-19(17,18)11-4-5-13(15)12(14)9-11/h4-5,9-10,16H,3,6-8H2,1-2H3. The molecular weight excluding hydrogens is 289 g/mol. The second-order valence-electron chi connectivity index (χ2n) is 4.54. The molecule has 1 unspecified atom stereocenters. The van der Waals surface area contributed by atoms with E-state index in [9.17, 15) is 12.8 Å². The fraction of sp³-hybridized carbons (Fsp3) is 0.538. The SMILES string of the molecule is CCCNC(C)CCS(=O)(=O)c1ccc(F)c(Cl)c1. The Labute approximate surface area is 119 Å². The van der Waals surface area contributed by atoms with Gasteiger partial charge in [-0.3, -0.25) is 0 Å². The van der Waals surface area contributed by atoms with Crippen molar-refractivity contribution in [2.75, 3.05) is 12.3 Å². The van der Waals surface area contributed by atoms with Gasteiger partial charge in [-0.25, -0.2) is 12.8 Å². The summed E-state index contributed by atoms with van der Waals surface area (Å²) in [5.74, 6) is -0.592. The van der Waals surface area contributed by atoms with Gasteiger partial charge in [0.05, 0.1) is 15.7 Å². The van der Waals surface area contributed by atoms with Gasteiger partial charge in [-0.2, -0.15) is 0 Å². The molecule has 0 aliphatic heterocycles. The molecule has 0 bridgehead atoms. The summed E-state index contributed by atoms with van der Waals surface area (Å²) in [5.41, 5.74) is 0. The summed E-state index contributed by atoms with van der Waals surface area (Å²) in [6.45, 7) is 4.86. The number of halogens is 2. The summed E-state index contributed by atoms with van der Waals surface area (Å²) in [4.78, 5) is 0.0709. The monoisotopic (exact) mass is 307 g/mol. The van der Waals surface area contributed by atoms with E-state index in [1.54, 1.807) is 0 Å². The molecule has 3 nitrogen and oxygen atoms in total. The lowest BCUT2D eigenvalue weighted by molar-refractivity contribution is 0.525. The third kappa shape index (κ3) is 5.09. The first-order valence-electron chi connectivity index (χ1n) is 6.28. The first kappa shape index (κ1) is 16.4. The molecule has 0 aliphatic rings. The molecule has 1 aromatic carbocycles. The van der Waals surface area contributed by atoms with Gasteiger partial charge in [0.2, 0.25) is 0 Å². The van der Waals surface area contributed by atoms with Crippen LogP contribution in [0.2, 0.25) is 5.02 Å². The molecule has 1 rings (SSSR count). The molecule has 108 valence electrons. The highest BCUT2D eigenvalue weighted by molar-refractivity contribution is 7.91. The average Bonchev–Trinajstić information content (AvgIpc) is 2.37. The Balaban J connectivity index is 2.68. The van der Waals surface area contributed by atoms with E-state index >= 15 is 0 Å². The molecule has 1 atom stereocenters. The second-order valence-corrected chi connectivity index (χ2v) is 7.05. The van der Waals surface area contributed by atoms with E-state index in [-0.39, 0.29) is 21.7 Å². The van der Waals surface area contributed by atoms with E-state index in [4.69, 9.17) is 11.6 Å². The summed E-state index contributed by atoms with van der Waals surface area (Å²) < 4.78 is 37.1. The largest absolute Gasteiger partial charge is 0.314 e. The molecular formula is C13H19ClFNO2S. The Hall–Kier alpha value is -0.650. The van der Waals surface area contributed by atoms with Gasteiger partial charge < -0.3 is 5.32 Å². The predicted octanol–water partition coefficient (Wildman–Crippen LogP) is 3.03. The Bertz CT molecular complexity index is 519. The number of nitrogens with one attached hydrogen (secondary N) is 1. The third-order valence-electron chi connectivity index (χ3n) is 2.81. The molecule has 19 heavy (non-hydrogen) atoms. The molecule has 0 heterocycles. The van der Waals surface area contributed by atoms with E-state index in [0.717, 1.165) is 25.1 Å². The van der Waals surface area contributed by atoms with Gasteiger partial charge in [0, 0.05) is 6.04 Å². The van der Waals surface area contributed by atoms with Crippen molar-refractivity contribution in [1.82, 2.24) is 5.32 Å². The zero-order chi connectivity index (χ0) is 14.5. The van der Waals surface area contributed by atoms with Crippen molar-refractivity contribution in [2.45, 2.75) is 37.6 Å². The van der Waals surface area contributed by atoms with Gasteiger partial charge >= 0.3 is 0 Å². The quantitative estimate of drug-likeness (QED) is 0.788. The first-order valence-corrected chi connectivity index (χ1v) is 8.31. The van der Waals surface area contributed by atoms with E-state index in [1.807, 2.05) is 6.92 Å². The highest BCUT2D eigenvalue weighted by atomic mass is 35.5. The number of hydrogen-bond donors (Lipinski definition) is 1. The van der Waals surface area contributed by atoms with Gasteiger partial charge in [0.25, 0.3) is 0 Å². The van der Waals surface area contributed by atoms with Crippen molar-refractivity contribution in [1.29, 1.82) is 0 Å². The van der Waals surface area contributed by atoms with Crippen LogP contribution >= 0.6 is 11.6 Å². The van der Waals surface area contributed by atoms with Crippen LogP contribution in [0.4, 0.5) is 4.39 Å². The molecule has 1 N–H and O–H groups in total. The Morgan fingerprint density at radius 2 is 2.11 bits per heavy atom. The summed E-state index contributed by atoms with van der Waals surface area (Å²) >= 11 is 5.60. The number of benzene rings is 1. The van der Waals surface area contributed by atoms with Crippen molar-refractivity contribution < 1.29 is 12.8 Å². The van der Waals surface area contributed by atoms with Crippen molar-refractivity contribution >= 4 is 21.4 Å². The second kappa shape index (κ2) is 7.22. The molecule has 0 radical (unpaired) electrons. The highest BCUT2D eigenvalue weighted by Gasteiger charge is 2.17. The number of hydrogen-bond acceptors (Lipinski definition) is 3. The predicted molar refractivity (Wildman–Crippen MR) is 75.8 cm³/mol. The normalized spacial score (nSPS) is 13.5. The molecule has 0 amide bonds. The van der Waals surface area contributed by atoms with Crippen LogP contribution in [-0.2, 0) is 9.84 Å². The van der Waals surface area contributed by atoms with E-state index in [2.05, 4.69) is 12.2 Å². The molecule has 1 aromatic rings. The molecule has 6 heteroatoms. The van der Waals surface area contributed by atoms with E-state index in [0.29, 0.717) is 6.42 Å². The van der Waals surface area contributed by atoms with Gasteiger partial charge in [-0.15, -0.1) is 0 Å². The van der Waals surface area contributed by atoms with Crippen LogP contribution in [0.15, 0.2) is 23.1 Å². The Morgan fingerprint density at radius 3 is 2.68 bits per heavy atom. The van der Waals surface area contributed by atoms with E-state index in [1.165, 1.54) is 6.07 Å². The van der Waals surface area contributed by atoms with Crippen molar-refractivity contribution in [3.05, 3.63) is 29.0 Å². The minimum atomic E-state index is -3.41. The maximum atomic E-state index is 13.0. The van der Waals surface area contributed by atoms with Crippen LogP contribution in [0.25, 0.3) is 0 Å². The fourth-order valence-corrected chi connectivity index (χ4v) is 3.33. The van der Waals surface area contributed by atoms with Gasteiger partial charge in [-0.1, -0.05) is 18.5 Å². The van der Waals surface area contributed by atoms with Crippen LogP contribution in [0.5, 0.6) is 0 Å². The van der Waals surface area contributed by atoms with Gasteiger partial charge in [-0.05, 0) is 44.5 Å². The fourth-order valence-electron chi connectivity index (χ4n) is 1.61. The zero-order valence-corrected chi connectivity index (χ0v) is 12.7. The molecule has 0 saturated heterocycles. The van der Waals surface area contributed by atoms with Crippen molar-refractivity contribution in [2.24, 2.45) is 0 Å². The average molecular weight is 308 g/mol. The zero-order valence-electron chi connectivity index (χ0n) is 11.1.